The quantitative estimate of drug-likeness (QED) is 0.0937. The molecule has 22 nitrogen and oxygen atoms in total. The highest BCUT2D eigenvalue weighted by Crippen LogP contribution is 2.26. The minimum atomic E-state index is -3.77. The Morgan fingerprint density at radius 2 is 1.24 bits per heavy atom. The Kier molecular flexibility index (Phi) is 19.2. The number of amides is 2. The zero-order valence-electron chi connectivity index (χ0n) is 31.9. The second-order valence-corrected chi connectivity index (χ2v) is 16.9. The molecule has 3 atom stereocenters. The number of esters is 2. The van der Waals surface area contributed by atoms with Gasteiger partial charge in [0, 0.05) is 45.6 Å². The standard InChI is InChI=1S/C16H21N5O6S2.C10H10N4O3S.C6H11NO3S/c1-11(22)17-13(15(23)27-3)9-28-14(21-16(24)20(2)18-19-21)10-29(25,26)12-7-5-4-6-8-12;1-13-10(15)14(12-11-13)7-8-18(16,17)9-5-3-2-4-6-9;1-4(8)7-5(3-11)6(9)10-2/h4-8,13-14H,9-10H2,1-3H3,(H,17,22);2-8H,1H3;5,11H,3H2,1-2H3,(H,7,8)/b;8-7+;/t13-,14?;;5-/m0.0/s1. The summed E-state index contributed by atoms with van der Waals surface area (Å²) in [4.78, 5) is 68.4. The Morgan fingerprint density at radius 3 is 1.69 bits per heavy atom. The molecule has 0 saturated carbocycles. The van der Waals surface area contributed by atoms with Crippen molar-refractivity contribution in [3.63, 3.8) is 0 Å². The molecule has 0 aliphatic carbocycles. The fourth-order valence-corrected chi connectivity index (χ4v) is 8.51. The van der Waals surface area contributed by atoms with Crippen molar-refractivity contribution in [1.29, 1.82) is 0 Å². The monoisotopic (exact) mass is 886 g/mol. The third-order valence-corrected chi connectivity index (χ3v) is 12.0. The third-order valence-electron chi connectivity index (χ3n) is 7.04. The molecule has 2 amide bonds. The van der Waals surface area contributed by atoms with E-state index >= 15 is 0 Å². The van der Waals surface area contributed by atoms with Gasteiger partial charge in [0.25, 0.3) is 0 Å². The van der Waals surface area contributed by atoms with Gasteiger partial charge in [0.1, 0.15) is 17.5 Å². The molecule has 0 fully saturated rings. The highest BCUT2D eigenvalue weighted by atomic mass is 32.2. The predicted octanol–water partition coefficient (Wildman–Crippen LogP) is -1.17. The predicted molar refractivity (Wildman–Crippen MR) is 213 cm³/mol. The second-order valence-electron chi connectivity index (χ2n) is 11.4. The van der Waals surface area contributed by atoms with Gasteiger partial charge >= 0.3 is 23.3 Å². The van der Waals surface area contributed by atoms with Gasteiger partial charge < -0.3 is 20.1 Å². The molecule has 4 aromatic rings. The summed E-state index contributed by atoms with van der Waals surface area (Å²) < 4.78 is 62.2. The van der Waals surface area contributed by atoms with E-state index in [0.717, 1.165) is 42.1 Å². The summed E-state index contributed by atoms with van der Waals surface area (Å²) in [7, 11) is -2.11. The zero-order chi connectivity index (χ0) is 43.6. The fraction of sp³-hybridized carbons (Fsp3) is 0.375. The highest BCUT2D eigenvalue weighted by Gasteiger charge is 2.29. The van der Waals surface area contributed by atoms with Crippen LogP contribution in [0.25, 0.3) is 6.20 Å². The van der Waals surface area contributed by atoms with Crippen LogP contribution in [0.15, 0.2) is 85.5 Å². The van der Waals surface area contributed by atoms with E-state index < -0.39 is 72.1 Å². The second kappa shape index (κ2) is 23.0. The maximum Gasteiger partial charge on any atom is 0.367 e. The van der Waals surface area contributed by atoms with Crippen molar-refractivity contribution in [2.24, 2.45) is 14.1 Å². The number of nitrogens with zero attached hydrogens (tertiary/aromatic N) is 8. The lowest BCUT2D eigenvalue weighted by Gasteiger charge is -2.20. The largest absolute Gasteiger partial charge is 0.467 e. The number of rotatable bonds is 15. The van der Waals surface area contributed by atoms with E-state index in [2.05, 4.69) is 53.6 Å². The molecule has 4 rings (SSSR count). The van der Waals surface area contributed by atoms with Crippen LogP contribution in [-0.2, 0) is 62.4 Å². The average Bonchev–Trinajstić information content (AvgIpc) is 3.71. The number of thioether (sulfide) groups is 1. The zero-order valence-corrected chi connectivity index (χ0v) is 35.3. The molecular weight excluding hydrogens is 845 g/mol. The number of aromatic nitrogens is 8. The number of nitrogens with one attached hydrogen (secondary N) is 2. The van der Waals surface area contributed by atoms with Crippen LogP contribution in [0.1, 0.15) is 19.2 Å². The summed E-state index contributed by atoms with van der Waals surface area (Å²) in [6.07, 6.45) is 1.07. The van der Waals surface area contributed by atoms with Crippen LogP contribution < -0.4 is 22.0 Å². The topological polar surface area (TPSA) is 284 Å². The van der Waals surface area contributed by atoms with Gasteiger partial charge in [-0.2, -0.15) is 31.4 Å². The van der Waals surface area contributed by atoms with Gasteiger partial charge in [-0.25, -0.2) is 36.0 Å². The summed E-state index contributed by atoms with van der Waals surface area (Å²) in [5, 5.41) is 19.0. The first-order valence-corrected chi connectivity index (χ1v) is 21.3. The number of carbonyl (C=O) groups is 4. The van der Waals surface area contributed by atoms with Crippen LogP contribution >= 0.6 is 24.4 Å². The Balaban J connectivity index is 0.000000339. The summed E-state index contributed by atoms with van der Waals surface area (Å²) >= 11 is 4.84. The van der Waals surface area contributed by atoms with E-state index in [1.54, 1.807) is 36.4 Å². The van der Waals surface area contributed by atoms with Crippen molar-refractivity contribution >= 4 is 74.0 Å². The number of sulfone groups is 2. The molecule has 58 heavy (non-hydrogen) atoms. The fourth-order valence-electron chi connectivity index (χ4n) is 4.19. The summed E-state index contributed by atoms with van der Waals surface area (Å²) in [5.74, 6) is -2.15. The van der Waals surface area contributed by atoms with Crippen LogP contribution in [0.4, 0.5) is 0 Å². The minimum absolute atomic E-state index is 0.0375. The smallest absolute Gasteiger partial charge is 0.367 e. The molecule has 26 heteroatoms. The highest BCUT2D eigenvalue weighted by molar-refractivity contribution is 8.00. The summed E-state index contributed by atoms with van der Waals surface area (Å²) in [5.41, 5.74) is -1.13. The summed E-state index contributed by atoms with van der Waals surface area (Å²) in [6, 6.07) is 14.0. The van der Waals surface area contributed by atoms with E-state index in [-0.39, 0.29) is 27.2 Å². The number of tetrazole rings is 2. The van der Waals surface area contributed by atoms with Crippen molar-refractivity contribution in [2.45, 2.75) is 41.1 Å². The molecule has 0 aliphatic heterocycles. The minimum Gasteiger partial charge on any atom is -0.467 e. The van der Waals surface area contributed by atoms with Crippen LogP contribution in [0.2, 0.25) is 0 Å². The Hall–Kier alpha value is -5.60. The molecule has 2 N–H and O–H groups in total. The SMILES string of the molecule is COC(=O)[C@H](CS)NC(C)=O.COC(=O)[C@H](CSC(CS(=O)(=O)c1ccccc1)n1nnn(C)c1=O)NC(C)=O.Cn1nnn(/C=C/S(=O)(=O)c2ccccc2)c1=O. The van der Waals surface area contributed by atoms with Crippen LogP contribution in [0, 0.1) is 0 Å². The molecule has 2 aromatic heterocycles. The lowest BCUT2D eigenvalue weighted by molar-refractivity contribution is -0.144. The lowest BCUT2D eigenvalue weighted by atomic mass is 10.3. The van der Waals surface area contributed by atoms with E-state index in [1.165, 1.54) is 66.4 Å². The van der Waals surface area contributed by atoms with Gasteiger partial charge in [-0.3, -0.25) is 9.59 Å². The first kappa shape index (κ1) is 48.5. The van der Waals surface area contributed by atoms with Crippen molar-refractivity contribution in [2.75, 3.05) is 31.5 Å². The number of thiol groups is 1. The number of ether oxygens (including phenoxy) is 2. The third kappa shape index (κ3) is 15.1. The van der Waals surface area contributed by atoms with Gasteiger partial charge in [-0.05, 0) is 45.1 Å². The molecule has 2 heterocycles. The van der Waals surface area contributed by atoms with E-state index in [0.29, 0.717) is 0 Å². The normalized spacial score (nSPS) is 12.7. The van der Waals surface area contributed by atoms with Gasteiger partial charge in [0.05, 0.1) is 35.2 Å². The Bertz CT molecular complexity index is 2360. The number of methoxy groups -OCH3 is 2. The van der Waals surface area contributed by atoms with Crippen molar-refractivity contribution in [1.82, 2.24) is 50.2 Å². The van der Waals surface area contributed by atoms with E-state index in [9.17, 15) is 45.6 Å². The molecule has 0 radical (unpaired) electrons. The Morgan fingerprint density at radius 1 is 0.759 bits per heavy atom. The first-order chi connectivity index (χ1) is 27.3. The first-order valence-electron chi connectivity index (χ1n) is 16.4. The number of hydrogen-bond acceptors (Lipinski definition) is 18. The summed E-state index contributed by atoms with van der Waals surface area (Å²) in [6.45, 7) is 2.57. The van der Waals surface area contributed by atoms with Crippen molar-refractivity contribution in [3.8, 4) is 0 Å². The maximum absolute atomic E-state index is 12.8. The number of benzene rings is 2. The van der Waals surface area contributed by atoms with Gasteiger partial charge in [-0.1, -0.05) is 36.4 Å². The molecule has 316 valence electrons. The number of hydrogen-bond donors (Lipinski definition) is 3. The maximum atomic E-state index is 12.8. The Labute approximate surface area is 342 Å². The average molecular weight is 887 g/mol. The van der Waals surface area contributed by atoms with Gasteiger partial charge in [-0.15, -0.1) is 11.8 Å². The van der Waals surface area contributed by atoms with E-state index in [4.69, 9.17) is 0 Å². The molecule has 2 aromatic carbocycles. The number of aryl methyl sites for hydroxylation is 2. The van der Waals surface area contributed by atoms with Crippen LogP contribution in [-0.4, -0.2) is 124 Å². The van der Waals surface area contributed by atoms with Gasteiger partial charge in [0.2, 0.25) is 21.7 Å². The molecule has 0 saturated heterocycles. The number of carbonyl (C=O) groups excluding carboxylic acids is 4. The van der Waals surface area contributed by atoms with Crippen molar-refractivity contribution < 1.29 is 45.5 Å². The molecular formula is C32H42N10O12S4. The van der Waals surface area contributed by atoms with Gasteiger partial charge in [0.15, 0.2) is 9.84 Å². The molecule has 0 bridgehead atoms. The van der Waals surface area contributed by atoms with Crippen LogP contribution in [0.3, 0.4) is 0 Å². The van der Waals surface area contributed by atoms with Crippen molar-refractivity contribution in [3.05, 3.63) is 87.0 Å². The van der Waals surface area contributed by atoms with E-state index in [1.807, 2.05) is 0 Å². The van der Waals surface area contributed by atoms with Crippen LogP contribution in [0.5, 0.6) is 0 Å². The molecule has 0 spiro atoms. The lowest BCUT2D eigenvalue weighted by Crippen LogP contribution is -2.43. The molecule has 1 unspecified atom stereocenters. The molecule has 0 aliphatic rings.